The molecule has 3 aliphatic heterocycles. The molecule has 4 aromatic rings. The molecule has 4 aliphatic rings. The number of aromatic nitrogens is 3. The highest BCUT2D eigenvalue weighted by molar-refractivity contribution is 6.04. The van der Waals surface area contributed by atoms with E-state index in [9.17, 15) is 13.9 Å². The van der Waals surface area contributed by atoms with Crippen molar-refractivity contribution in [3.8, 4) is 41.2 Å². The number of pyridine rings is 1. The van der Waals surface area contributed by atoms with Crippen LogP contribution < -0.4 is 14.4 Å². The van der Waals surface area contributed by atoms with Crippen molar-refractivity contribution in [2.75, 3.05) is 44.4 Å². The van der Waals surface area contributed by atoms with Gasteiger partial charge in [-0.05, 0) is 62.7 Å². The van der Waals surface area contributed by atoms with Crippen LogP contribution >= 0.6 is 0 Å². The molecule has 2 aromatic heterocycles. The fraction of sp³-hybridized carbons (Fsp3) is 0.457. The molecule has 5 heterocycles. The largest absolute Gasteiger partial charge is 0.508 e. The topological polar surface area (TPSA) is 93.1 Å². The van der Waals surface area contributed by atoms with E-state index < -0.39 is 23.3 Å². The maximum atomic E-state index is 17.1. The van der Waals surface area contributed by atoms with Crippen molar-refractivity contribution >= 4 is 27.5 Å². The molecule has 12 heteroatoms. The molecule has 2 aromatic carbocycles. The van der Waals surface area contributed by atoms with E-state index in [-0.39, 0.29) is 76.1 Å². The van der Waals surface area contributed by atoms with Gasteiger partial charge in [-0.1, -0.05) is 12.0 Å². The molecular formula is C35H34F3N5O4. The summed E-state index contributed by atoms with van der Waals surface area (Å²) in [5, 5.41) is 11.5. The Kier molecular flexibility index (Phi) is 7.29. The van der Waals surface area contributed by atoms with Crippen LogP contribution in [0, 0.1) is 24.0 Å². The second-order valence-electron chi connectivity index (χ2n) is 12.8. The Morgan fingerprint density at radius 3 is 2.83 bits per heavy atom. The van der Waals surface area contributed by atoms with E-state index >= 15 is 4.39 Å². The number of fused-ring (bicyclic) bond motifs is 4. The molecule has 0 radical (unpaired) electrons. The van der Waals surface area contributed by atoms with E-state index in [0.717, 1.165) is 32.2 Å². The highest BCUT2D eigenvalue weighted by atomic mass is 19.1. The summed E-state index contributed by atoms with van der Waals surface area (Å²) in [6.07, 6.45) is 8.43. The van der Waals surface area contributed by atoms with Gasteiger partial charge in [0.2, 0.25) is 5.88 Å². The Balaban J connectivity index is 1.34. The normalized spacial score (nSPS) is 25.4. The Bertz CT molecular complexity index is 1950. The van der Waals surface area contributed by atoms with Crippen LogP contribution in [0.2, 0.25) is 0 Å². The van der Waals surface area contributed by atoms with Crippen molar-refractivity contribution < 1.29 is 32.5 Å². The Morgan fingerprint density at radius 1 is 1.13 bits per heavy atom. The number of phenols is 1. The first-order valence-electron chi connectivity index (χ1n) is 16.2. The first kappa shape index (κ1) is 30.0. The molecule has 0 amide bonds. The van der Waals surface area contributed by atoms with Crippen LogP contribution in [0.1, 0.15) is 44.6 Å². The molecule has 8 rings (SSSR count). The van der Waals surface area contributed by atoms with E-state index in [1.807, 2.05) is 0 Å². The first-order chi connectivity index (χ1) is 22.8. The van der Waals surface area contributed by atoms with Crippen molar-refractivity contribution in [1.82, 2.24) is 19.9 Å². The number of alkyl halides is 1. The minimum absolute atomic E-state index is 0.0288. The highest BCUT2D eigenvalue weighted by Gasteiger charge is 2.50. The molecule has 244 valence electrons. The van der Waals surface area contributed by atoms with E-state index in [2.05, 4.69) is 25.7 Å². The molecule has 1 saturated carbocycles. The standard InChI is InChI=1S/C35H34F3N5O4/c1-3-22-24(37)8-7-19-13-21(44)14-23(27(19)22)30-29(38)31-28(33(39-30)45-4-2)32(43-11-6-12-46-26-15-25(26)43)41-34(40-31)47-18-35-9-5-10-42(35)17-20(36)16-35/h1,7-8,13-14,20,25-26,44H,4-6,9-12,15-18H2,2H3/t20-,25?,26?,35+/m1/s1. The van der Waals surface area contributed by atoms with Crippen LogP contribution in [-0.2, 0) is 4.74 Å². The van der Waals surface area contributed by atoms with Crippen LogP contribution in [0.25, 0.3) is 32.9 Å². The van der Waals surface area contributed by atoms with Crippen LogP contribution in [-0.4, -0.2) is 88.3 Å². The smallest absolute Gasteiger partial charge is 0.319 e. The van der Waals surface area contributed by atoms with Crippen LogP contribution in [0.4, 0.5) is 19.0 Å². The van der Waals surface area contributed by atoms with Crippen molar-refractivity contribution in [2.45, 2.75) is 62.9 Å². The van der Waals surface area contributed by atoms with Gasteiger partial charge in [-0.15, -0.1) is 6.42 Å². The van der Waals surface area contributed by atoms with Gasteiger partial charge in [-0.25, -0.2) is 18.2 Å². The number of hydrogen-bond acceptors (Lipinski definition) is 9. The molecule has 1 aliphatic carbocycles. The Hall–Kier alpha value is -4.34. The number of nitrogens with zero attached hydrogens (tertiary/aromatic N) is 5. The average Bonchev–Trinajstić information content (AvgIpc) is 3.66. The molecular weight excluding hydrogens is 611 g/mol. The quantitative estimate of drug-likeness (QED) is 0.261. The zero-order valence-electron chi connectivity index (χ0n) is 25.9. The predicted octanol–water partition coefficient (Wildman–Crippen LogP) is 5.53. The lowest BCUT2D eigenvalue weighted by molar-refractivity contribution is 0.107. The molecule has 0 spiro atoms. The third kappa shape index (κ3) is 4.98. The van der Waals surface area contributed by atoms with Crippen LogP contribution in [0.3, 0.4) is 0 Å². The van der Waals surface area contributed by atoms with Crippen molar-refractivity contribution in [3.05, 3.63) is 41.5 Å². The highest BCUT2D eigenvalue weighted by Crippen LogP contribution is 2.46. The summed E-state index contributed by atoms with van der Waals surface area (Å²) in [6.45, 7) is 4.51. The number of hydrogen-bond donors (Lipinski definition) is 1. The average molecular weight is 646 g/mol. The van der Waals surface area contributed by atoms with Gasteiger partial charge in [0.1, 0.15) is 46.8 Å². The third-order valence-electron chi connectivity index (χ3n) is 9.92. The zero-order chi connectivity index (χ0) is 32.4. The third-order valence-corrected chi connectivity index (χ3v) is 9.92. The maximum Gasteiger partial charge on any atom is 0.319 e. The van der Waals surface area contributed by atoms with Crippen molar-refractivity contribution in [1.29, 1.82) is 0 Å². The first-order valence-corrected chi connectivity index (χ1v) is 16.2. The van der Waals surface area contributed by atoms with Crippen molar-refractivity contribution in [2.24, 2.45) is 0 Å². The van der Waals surface area contributed by atoms with Gasteiger partial charge >= 0.3 is 6.01 Å². The molecule has 2 unspecified atom stereocenters. The molecule has 0 bridgehead atoms. The summed E-state index contributed by atoms with van der Waals surface area (Å²) >= 11 is 0. The van der Waals surface area contributed by atoms with Gasteiger partial charge in [0.05, 0.1) is 29.9 Å². The second kappa shape index (κ2) is 11.4. The van der Waals surface area contributed by atoms with Gasteiger partial charge in [0, 0.05) is 37.1 Å². The molecule has 3 saturated heterocycles. The second-order valence-corrected chi connectivity index (χ2v) is 12.8. The summed E-state index contributed by atoms with van der Waals surface area (Å²) in [6, 6.07) is 5.38. The van der Waals surface area contributed by atoms with E-state index in [0.29, 0.717) is 37.3 Å². The summed E-state index contributed by atoms with van der Waals surface area (Å²) in [7, 11) is 0. The van der Waals surface area contributed by atoms with Gasteiger partial charge in [-0.2, -0.15) is 9.97 Å². The van der Waals surface area contributed by atoms with E-state index in [1.54, 1.807) is 6.92 Å². The maximum absolute atomic E-state index is 17.1. The zero-order valence-corrected chi connectivity index (χ0v) is 25.9. The summed E-state index contributed by atoms with van der Waals surface area (Å²) in [4.78, 5) is 18.3. The minimum atomic E-state index is -0.939. The number of aromatic hydroxyl groups is 1. The lowest BCUT2D eigenvalue weighted by Crippen LogP contribution is -2.43. The number of halogens is 3. The SMILES string of the molecule is C#Cc1c(F)ccc2cc(O)cc(-c3nc(OCC)c4c(N5CCCOC6CC65)nc(OC[C@@]56CCCN5C[C@H](F)C6)nc4c3F)c12. The van der Waals surface area contributed by atoms with Gasteiger partial charge in [0.25, 0.3) is 0 Å². The number of terminal acetylenes is 1. The monoisotopic (exact) mass is 645 g/mol. The molecule has 4 fully saturated rings. The minimum Gasteiger partial charge on any atom is -0.508 e. The number of rotatable bonds is 7. The molecule has 1 N–H and O–H groups in total. The Labute approximate surface area is 269 Å². The van der Waals surface area contributed by atoms with E-state index in [1.165, 1.54) is 24.3 Å². The lowest BCUT2D eigenvalue weighted by Gasteiger charge is -2.31. The Morgan fingerprint density at radius 2 is 2.00 bits per heavy atom. The van der Waals surface area contributed by atoms with Crippen molar-refractivity contribution in [3.63, 3.8) is 0 Å². The number of benzene rings is 2. The number of ether oxygens (including phenoxy) is 3. The van der Waals surface area contributed by atoms with Gasteiger partial charge < -0.3 is 24.2 Å². The molecule has 4 atom stereocenters. The van der Waals surface area contributed by atoms with Crippen LogP contribution in [0.15, 0.2) is 24.3 Å². The fourth-order valence-electron chi connectivity index (χ4n) is 7.76. The van der Waals surface area contributed by atoms with Gasteiger partial charge in [0.15, 0.2) is 5.82 Å². The number of phenolic OH excluding ortho intramolecular Hbond substituents is 1. The van der Waals surface area contributed by atoms with Crippen LogP contribution in [0.5, 0.6) is 17.6 Å². The number of anilines is 1. The predicted molar refractivity (Wildman–Crippen MR) is 170 cm³/mol. The summed E-state index contributed by atoms with van der Waals surface area (Å²) in [5.41, 5.74) is -0.797. The molecule has 9 nitrogen and oxygen atoms in total. The summed E-state index contributed by atoms with van der Waals surface area (Å²) in [5.74, 6) is 1.19. The summed E-state index contributed by atoms with van der Waals surface area (Å²) < 4.78 is 64.9. The van der Waals surface area contributed by atoms with Gasteiger partial charge in [-0.3, -0.25) is 4.90 Å². The van der Waals surface area contributed by atoms with E-state index in [4.69, 9.17) is 25.6 Å². The lowest BCUT2D eigenvalue weighted by atomic mass is 9.95. The molecule has 47 heavy (non-hydrogen) atoms. The fourth-order valence-corrected chi connectivity index (χ4v) is 7.76.